The van der Waals surface area contributed by atoms with E-state index in [1.54, 1.807) is 18.3 Å². The lowest BCUT2D eigenvalue weighted by atomic mass is 10.0. The standard InChI is InChI=1S/C39H39N9O7/c1-23-4-3-5-26(18-23)22-40-46-33-21-34(47-13-16-54-17-14-47)44-39(43-33)55-15-12-25-6-9-30(41-24(2)49)31(19-25)42-27-7-8-28-29(20-27)38(53)48(37(28)52)32-10-11-35(50)45-36(32)51/h3-9,18-22,32,42H,10-17H2,1-2H3,(H,41,49)(H,43,44,46)(H,45,50,51)/b40-22+. The molecule has 282 valence electrons. The molecule has 0 saturated carbocycles. The minimum Gasteiger partial charge on any atom is -0.463 e. The highest BCUT2D eigenvalue weighted by atomic mass is 16.5. The monoisotopic (exact) mass is 745 g/mol. The Hall–Kier alpha value is -6.68. The highest BCUT2D eigenvalue weighted by molar-refractivity contribution is 6.23. The number of benzene rings is 3. The van der Waals surface area contributed by atoms with E-state index in [1.807, 2.05) is 49.4 Å². The Kier molecular flexibility index (Phi) is 10.8. The maximum absolute atomic E-state index is 13.4. The van der Waals surface area contributed by atoms with Crippen molar-refractivity contribution < 1.29 is 33.4 Å². The summed E-state index contributed by atoms with van der Waals surface area (Å²) in [4.78, 5) is 75.0. The van der Waals surface area contributed by atoms with Crippen LogP contribution in [0.4, 0.5) is 28.7 Å². The van der Waals surface area contributed by atoms with Crippen molar-refractivity contribution in [1.29, 1.82) is 0 Å². The third-order valence-electron chi connectivity index (χ3n) is 9.20. The first-order valence-corrected chi connectivity index (χ1v) is 17.8. The van der Waals surface area contributed by atoms with Crippen LogP contribution in [0.1, 0.15) is 57.2 Å². The third-order valence-corrected chi connectivity index (χ3v) is 9.20. The van der Waals surface area contributed by atoms with Gasteiger partial charge in [0.2, 0.25) is 17.7 Å². The summed E-state index contributed by atoms with van der Waals surface area (Å²) in [5, 5.41) is 12.7. The van der Waals surface area contributed by atoms with Gasteiger partial charge in [-0.15, -0.1) is 0 Å². The number of ether oxygens (including phenoxy) is 2. The van der Waals surface area contributed by atoms with Gasteiger partial charge in [0.05, 0.1) is 48.5 Å². The van der Waals surface area contributed by atoms with Crippen LogP contribution in [0.25, 0.3) is 0 Å². The molecular weight excluding hydrogens is 706 g/mol. The summed E-state index contributed by atoms with van der Waals surface area (Å²) in [5.41, 5.74) is 7.72. The number of aromatic nitrogens is 2. The van der Waals surface area contributed by atoms with Crippen molar-refractivity contribution in [2.24, 2.45) is 5.10 Å². The molecule has 5 amide bonds. The number of hydrazone groups is 1. The number of fused-ring (bicyclic) bond motifs is 1. The number of rotatable bonds is 12. The predicted molar refractivity (Wildman–Crippen MR) is 204 cm³/mol. The summed E-state index contributed by atoms with van der Waals surface area (Å²) >= 11 is 0. The molecule has 1 aromatic heterocycles. The molecule has 4 aromatic rings. The maximum Gasteiger partial charge on any atom is 0.320 e. The number of nitrogens with zero attached hydrogens (tertiary/aromatic N) is 5. The van der Waals surface area contributed by atoms with Crippen molar-refractivity contribution in [3.63, 3.8) is 0 Å². The highest BCUT2D eigenvalue weighted by Crippen LogP contribution is 2.33. The zero-order chi connectivity index (χ0) is 38.5. The van der Waals surface area contributed by atoms with Crippen LogP contribution in [0.5, 0.6) is 6.01 Å². The van der Waals surface area contributed by atoms with E-state index < -0.39 is 29.7 Å². The number of nitrogens with one attached hydrogen (secondary N) is 4. The number of anilines is 5. The fourth-order valence-corrected chi connectivity index (χ4v) is 6.53. The maximum atomic E-state index is 13.4. The van der Waals surface area contributed by atoms with Crippen molar-refractivity contribution in [3.05, 3.63) is 94.5 Å². The normalized spacial score (nSPS) is 16.9. The summed E-state index contributed by atoms with van der Waals surface area (Å²) in [5.74, 6) is -1.47. The Morgan fingerprint density at radius 3 is 2.58 bits per heavy atom. The van der Waals surface area contributed by atoms with Crippen LogP contribution in [0, 0.1) is 6.92 Å². The fraction of sp³-hybridized carbons (Fsp3) is 0.282. The number of imide groups is 2. The minimum atomic E-state index is -1.07. The number of hydrogen-bond acceptors (Lipinski definition) is 13. The molecular formula is C39H39N9O7. The fourth-order valence-electron chi connectivity index (χ4n) is 6.53. The molecule has 4 heterocycles. The zero-order valence-electron chi connectivity index (χ0n) is 30.3. The Morgan fingerprint density at radius 1 is 0.982 bits per heavy atom. The van der Waals surface area contributed by atoms with E-state index in [1.165, 1.54) is 19.1 Å². The number of carbonyl (C=O) groups excluding carboxylic acids is 5. The lowest BCUT2D eigenvalue weighted by Crippen LogP contribution is -2.54. The number of amides is 5. The average Bonchev–Trinajstić information content (AvgIpc) is 3.41. The smallest absolute Gasteiger partial charge is 0.320 e. The minimum absolute atomic E-state index is 0.0278. The van der Waals surface area contributed by atoms with Crippen LogP contribution in [0.3, 0.4) is 0 Å². The second kappa shape index (κ2) is 16.1. The Balaban J connectivity index is 1.06. The molecule has 7 rings (SSSR count). The molecule has 4 N–H and O–H groups in total. The summed E-state index contributed by atoms with van der Waals surface area (Å²) in [6.07, 6.45) is 2.26. The summed E-state index contributed by atoms with van der Waals surface area (Å²) in [7, 11) is 0. The molecule has 16 nitrogen and oxygen atoms in total. The predicted octanol–water partition coefficient (Wildman–Crippen LogP) is 3.79. The topological polar surface area (TPSA) is 197 Å². The SMILES string of the molecule is CC(=O)Nc1ccc(CCOc2nc(N/N=C/c3cccc(C)c3)cc(N3CCOCC3)n2)cc1Nc1ccc2c(c1)C(=O)N(C1CCC(=O)NC1=O)C2=O. The number of aryl methyl sites for hydroxylation is 1. The molecule has 1 atom stereocenters. The number of morpholine rings is 1. The molecule has 2 fully saturated rings. The lowest BCUT2D eigenvalue weighted by molar-refractivity contribution is -0.136. The van der Waals surface area contributed by atoms with E-state index in [4.69, 9.17) is 9.47 Å². The molecule has 0 spiro atoms. The van der Waals surface area contributed by atoms with Crippen LogP contribution in [-0.4, -0.2) is 89.6 Å². The van der Waals surface area contributed by atoms with Gasteiger partial charge in [-0.25, -0.2) is 0 Å². The lowest BCUT2D eigenvalue weighted by Gasteiger charge is -2.28. The van der Waals surface area contributed by atoms with E-state index in [2.05, 4.69) is 41.3 Å². The van der Waals surface area contributed by atoms with Gasteiger partial charge in [-0.3, -0.25) is 39.6 Å². The second-order valence-corrected chi connectivity index (χ2v) is 13.3. The largest absolute Gasteiger partial charge is 0.463 e. The van der Waals surface area contributed by atoms with Gasteiger partial charge in [0, 0.05) is 44.6 Å². The number of carbonyl (C=O) groups is 5. The van der Waals surface area contributed by atoms with Crippen LogP contribution in [-0.2, 0) is 25.5 Å². The van der Waals surface area contributed by atoms with Gasteiger partial charge < -0.3 is 25.0 Å². The summed E-state index contributed by atoms with van der Waals surface area (Å²) < 4.78 is 11.6. The Morgan fingerprint density at radius 2 is 1.80 bits per heavy atom. The van der Waals surface area contributed by atoms with Crippen molar-refractivity contribution in [2.75, 3.05) is 53.9 Å². The van der Waals surface area contributed by atoms with E-state index >= 15 is 0 Å². The Bertz CT molecular complexity index is 2200. The highest BCUT2D eigenvalue weighted by Gasteiger charge is 2.44. The van der Waals surface area contributed by atoms with Crippen molar-refractivity contribution in [1.82, 2.24) is 20.2 Å². The van der Waals surface area contributed by atoms with Crippen molar-refractivity contribution >= 4 is 64.4 Å². The Labute approximate surface area is 316 Å². The van der Waals surface area contributed by atoms with Gasteiger partial charge in [0.15, 0.2) is 5.82 Å². The number of hydrogen-bond donors (Lipinski definition) is 4. The summed E-state index contributed by atoms with van der Waals surface area (Å²) in [6.45, 7) is 6.15. The van der Waals surface area contributed by atoms with Crippen LogP contribution in [0.15, 0.2) is 71.8 Å². The van der Waals surface area contributed by atoms with Gasteiger partial charge in [-0.2, -0.15) is 15.1 Å². The van der Waals surface area contributed by atoms with Crippen LogP contribution < -0.4 is 31.0 Å². The van der Waals surface area contributed by atoms with Gasteiger partial charge in [-0.1, -0.05) is 35.9 Å². The van der Waals surface area contributed by atoms with Gasteiger partial charge in [0.1, 0.15) is 11.9 Å². The first-order valence-electron chi connectivity index (χ1n) is 17.8. The third kappa shape index (κ3) is 8.60. The molecule has 55 heavy (non-hydrogen) atoms. The first-order chi connectivity index (χ1) is 26.6. The first kappa shape index (κ1) is 36.7. The van der Waals surface area contributed by atoms with Gasteiger partial charge >= 0.3 is 6.01 Å². The van der Waals surface area contributed by atoms with E-state index in [0.29, 0.717) is 61.4 Å². The van der Waals surface area contributed by atoms with Crippen molar-refractivity contribution in [3.8, 4) is 6.01 Å². The van der Waals surface area contributed by atoms with E-state index in [0.717, 1.165) is 21.6 Å². The van der Waals surface area contributed by atoms with Crippen molar-refractivity contribution in [2.45, 2.75) is 39.2 Å². The van der Waals surface area contributed by atoms with Crippen LogP contribution >= 0.6 is 0 Å². The quantitative estimate of drug-likeness (QED) is 0.0932. The molecule has 3 aromatic carbocycles. The van der Waals surface area contributed by atoms with Gasteiger partial charge in [-0.05, 0) is 54.8 Å². The molecule has 0 bridgehead atoms. The second-order valence-electron chi connectivity index (χ2n) is 13.3. The number of piperidine rings is 1. The van der Waals surface area contributed by atoms with E-state index in [9.17, 15) is 24.0 Å². The molecule has 16 heteroatoms. The average molecular weight is 746 g/mol. The molecule has 1 unspecified atom stereocenters. The molecule has 0 radical (unpaired) electrons. The molecule has 3 aliphatic heterocycles. The van der Waals surface area contributed by atoms with Crippen LogP contribution in [0.2, 0.25) is 0 Å². The zero-order valence-corrected chi connectivity index (χ0v) is 30.3. The molecule has 3 aliphatic rings. The van der Waals surface area contributed by atoms with E-state index in [-0.39, 0.29) is 42.5 Å². The molecule has 2 saturated heterocycles. The summed E-state index contributed by atoms with van der Waals surface area (Å²) in [6, 6.07) is 19.1. The van der Waals surface area contributed by atoms with Gasteiger partial charge in [0.25, 0.3) is 11.8 Å². The molecule has 0 aliphatic carbocycles.